The molecule has 0 spiro atoms. The first-order valence-electron chi connectivity index (χ1n) is 21.8. The minimum absolute atomic E-state index is 0.0158. The maximum Gasteiger partial charge on any atom is 0.239 e. The summed E-state index contributed by atoms with van der Waals surface area (Å²) < 4.78 is 0. The zero-order valence-corrected chi connectivity index (χ0v) is 38.1. The van der Waals surface area contributed by atoms with Gasteiger partial charge in [-0.15, -0.1) is 0 Å². The van der Waals surface area contributed by atoms with E-state index in [-0.39, 0.29) is 102 Å². The molecule has 1 aromatic carbocycles. The van der Waals surface area contributed by atoms with E-state index in [2.05, 4.69) is 31.3 Å². The van der Waals surface area contributed by atoms with Gasteiger partial charge in [0.05, 0.1) is 19.6 Å². The molecule has 66 heavy (non-hydrogen) atoms. The fourth-order valence-electron chi connectivity index (χ4n) is 6.29. The zero-order chi connectivity index (χ0) is 49.4. The van der Waals surface area contributed by atoms with Crippen molar-refractivity contribution in [2.75, 3.05) is 78.5 Å². The van der Waals surface area contributed by atoms with E-state index in [0.717, 1.165) is 5.56 Å². The number of hydrogen-bond donors (Lipinski definition) is 12. The van der Waals surface area contributed by atoms with Crippen LogP contribution in [0.2, 0.25) is 0 Å². The molecule has 0 aliphatic carbocycles. The van der Waals surface area contributed by atoms with E-state index in [1.165, 1.54) is 21.6 Å². The molecule has 8 amide bonds. The van der Waals surface area contributed by atoms with Gasteiger partial charge in [-0.1, -0.05) is 30.3 Å². The van der Waals surface area contributed by atoms with Crippen LogP contribution >= 0.6 is 0 Å². The van der Waals surface area contributed by atoms with Gasteiger partial charge in [0, 0.05) is 110 Å². The Labute approximate surface area is 385 Å². The molecule has 0 aliphatic heterocycles. The average Bonchev–Trinajstić information content (AvgIpc) is 3.22. The Bertz CT molecular complexity index is 1760. The first kappa shape index (κ1) is 57.4. The number of carbonyl (C=O) groups excluding carboxylic acids is 8. The van der Waals surface area contributed by atoms with Gasteiger partial charge >= 0.3 is 0 Å². The third kappa shape index (κ3) is 29.0. The number of nitrogens with zero attached hydrogens (tertiary/aromatic N) is 5. The van der Waals surface area contributed by atoms with Gasteiger partial charge in [0.15, 0.2) is 11.9 Å². The molecule has 1 aromatic rings. The van der Waals surface area contributed by atoms with Crippen LogP contribution in [-0.2, 0) is 44.8 Å². The molecule has 0 aliphatic rings. The lowest BCUT2D eigenvalue weighted by atomic mass is 10.0. The number of rotatable bonds is 34. The average molecular weight is 932 g/mol. The number of primary amides is 1. The summed E-state index contributed by atoms with van der Waals surface area (Å²) in [5, 5.41) is 10.5. The summed E-state index contributed by atoms with van der Waals surface area (Å²) >= 11 is 0. The smallest absolute Gasteiger partial charge is 0.239 e. The second kappa shape index (κ2) is 33.0. The second-order valence-corrected chi connectivity index (χ2v) is 15.7. The molecule has 0 saturated carbocycles. The van der Waals surface area contributed by atoms with Crippen LogP contribution in [0.1, 0.15) is 63.9 Å². The quantitative estimate of drug-likeness (QED) is 0.0174. The summed E-state index contributed by atoms with van der Waals surface area (Å²) in [4.78, 5) is 114. The molecular formula is C41H73N17O8. The van der Waals surface area contributed by atoms with E-state index in [1.807, 2.05) is 30.3 Å². The van der Waals surface area contributed by atoms with Gasteiger partial charge in [0.2, 0.25) is 47.3 Å². The molecule has 25 heteroatoms. The van der Waals surface area contributed by atoms with Gasteiger partial charge in [-0.2, -0.15) is 0 Å². The predicted molar refractivity (Wildman–Crippen MR) is 249 cm³/mol. The van der Waals surface area contributed by atoms with Crippen molar-refractivity contribution in [3.8, 4) is 0 Å². The van der Waals surface area contributed by atoms with Crippen LogP contribution < -0.4 is 67.1 Å². The highest BCUT2D eigenvalue weighted by atomic mass is 16.2. The van der Waals surface area contributed by atoms with Crippen molar-refractivity contribution in [2.24, 2.45) is 55.9 Å². The molecule has 0 radical (unpaired) electrons. The van der Waals surface area contributed by atoms with Gasteiger partial charge < -0.3 is 81.8 Å². The Hall–Kier alpha value is -6.60. The SMILES string of the molecule is CC(=O)NCCN(CC(=O)NCCN(CC(=O)NCCN(CC(=O)NCCC(N)=O)C(=O)C[C@@H](N)Cc1ccccc1)C(=O)C[C@@H](N)CCCN=C(N)N)C(=O)C[C@@H](N)CCCN=C(N)N. The van der Waals surface area contributed by atoms with E-state index >= 15 is 0 Å². The van der Waals surface area contributed by atoms with E-state index in [9.17, 15) is 38.4 Å². The first-order chi connectivity index (χ1) is 31.2. The van der Waals surface area contributed by atoms with Crippen molar-refractivity contribution < 1.29 is 38.4 Å². The Morgan fingerprint density at radius 1 is 0.545 bits per heavy atom. The van der Waals surface area contributed by atoms with Gasteiger partial charge in [-0.3, -0.25) is 48.3 Å². The van der Waals surface area contributed by atoms with Crippen LogP contribution in [0, 0.1) is 0 Å². The van der Waals surface area contributed by atoms with E-state index in [0.29, 0.717) is 45.2 Å². The third-order valence-electron chi connectivity index (χ3n) is 9.62. The molecular weight excluding hydrogens is 859 g/mol. The summed E-state index contributed by atoms with van der Waals surface area (Å²) in [6.45, 7) is 0.318. The summed E-state index contributed by atoms with van der Waals surface area (Å²) in [5.74, 6) is -4.19. The van der Waals surface area contributed by atoms with Gasteiger partial charge in [-0.05, 0) is 37.7 Å². The van der Waals surface area contributed by atoms with Crippen molar-refractivity contribution in [2.45, 2.75) is 82.8 Å². The van der Waals surface area contributed by atoms with E-state index in [1.54, 1.807) is 0 Å². The molecule has 0 heterocycles. The maximum absolute atomic E-state index is 13.6. The summed E-state index contributed by atoms with van der Waals surface area (Å²) in [7, 11) is 0. The van der Waals surface area contributed by atoms with Gasteiger partial charge in [-0.25, -0.2) is 0 Å². The largest absolute Gasteiger partial charge is 0.370 e. The number of guanidine groups is 2. The number of amides is 8. The molecule has 1 rings (SSSR count). The Morgan fingerprint density at radius 3 is 1.30 bits per heavy atom. The maximum atomic E-state index is 13.6. The number of nitrogens with two attached hydrogens (primary N) is 8. The molecule has 25 nitrogen and oxygen atoms in total. The molecule has 0 bridgehead atoms. The monoisotopic (exact) mass is 932 g/mol. The number of nitrogens with one attached hydrogen (secondary N) is 4. The fourth-order valence-corrected chi connectivity index (χ4v) is 6.29. The minimum Gasteiger partial charge on any atom is -0.370 e. The molecule has 0 unspecified atom stereocenters. The highest BCUT2D eigenvalue weighted by molar-refractivity contribution is 5.87. The van der Waals surface area contributed by atoms with Crippen LogP contribution in [0.5, 0.6) is 0 Å². The third-order valence-corrected chi connectivity index (χ3v) is 9.62. The van der Waals surface area contributed by atoms with E-state index < -0.39 is 66.0 Å². The molecule has 0 aromatic heterocycles. The Balaban J connectivity index is 3.05. The Morgan fingerprint density at radius 2 is 0.924 bits per heavy atom. The van der Waals surface area contributed by atoms with Crippen LogP contribution in [0.25, 0.3) is 0 Å². The van der Waals surface area contributed by atoms with E-state index in [4.69, 9.17) is 45.9 Å². The number of benzene rings is 1. The van der Waals surface area contributed by atoms with Crippen LogP contribution in [0.4, 0.5) is 0 Å². The predicted octanol–water partition coefficient (Wildman–Crippen LogP) is -5.67. The van der Waals surface area contributed by atoms with Crippen molar-refractivity contribution in [3.63, 3.8) is 0 Å². The van der Waals surface area contributed by atoms with Crippen LogP contribution in [0.3, 0.4) is 0 Å². The summed E-state index contributed by atoms with van der Waals surface area (Å²) in [6, 6.07) is 7.58. The topological polar surface area (TPSA) is 427 Å². The van der Waals surface area contributed by atoms with Crippen LogP contribution in [-0.4, -0.2) is 171 Å². The highest BCUT2D eigenvalue weighted by Gasteiger charge is 2.24. The van der Waals surface area contributed by atoms with Crippen molar-refractivity contribution in [3.05, 3.63) is 35.9 Å². The van der Waals surface area contributed by atoms with Crippen molar-refractivity contribution in [1.82, 2.24) is 36.0 Å². The lowest BCUT2D eigenvalue weighted by molar-refractivity contribution is -0.137. The van der Waals surface area contributed by atoms with Gasteiger partial charge in [0.1, 0.15) is 0 Å². The zero-order valence-electron chi connectivity index (χ0n) is 38.1. The fraction of sp³-hybridized carbons (Fsp3) is 0.610. The first-order valence-corrected chi connectivity index (χ1v) is 21.8. The molecule has 0 saturated heterocycles. The standard InChI is InChI=1S/C41H73N17O8/c1-28(59)50-15-18-56(37(64)22-30(42)9-5-12-54-40(46)47)26-35(62)52-16-19-57(38(65)23-31(43)10-6-13-55-41(48)49)27-36(63)53-17-20-58(25-34(61)51-14-11-33(45)60)39(66)24-32(44)21-29-7-3-2-4-8-29/h2-4,7-8,30-32H,5-6,9-27,42-44H2,1H3,(H2,45,60)(H,50,59)(H,51,61)(H,52,62)(H,53,63)(H4,46,47,54)(H4,48,49,55)/t30-,31-,32-/m0/s1. The van der Waals surface area contributed by atoms with Gasteiger partial charge in [0.25, 0.3) is 0 Å². The van der Waals surface area contributed by atoms with Crippen molar-refractivity contribution >= 4 is 59.2 Å². The number of aliphatic imine (C=N–C) groups is 2. The molecule has 20 N–H and O–H groups in total. The highest BCUT2D eigenvalue weighted by Crippen LogP contribution is 2.08. The lowest BCUT2D eigenvalue weighted by Gasteiger charge is -2.26. The number of carbonyl (C=O) groups is 8. The Kier molecular flexibility index (Phi) is 28.7. The normalized spacial score (nSPS) is 12.0. The van der Waals surface area contributed by atoms with Crippen LogP contribution in [0.15, 0.2) is 40.3 Å². The second-order valence-electron chi connectivity index (χ2n) is 15.7. The van der Waals surface area contributed by atoms with Crippen molar-refractivity contribution in [1.29, 1.82) is 0 Å². The summed E-state index contributed by atoms with van der Waals surface area (Å²) in [5.41, 5.74) is 46.3. The lowest BCUT2D eigenvalue weighted by Crippen LogP contribution is -2.49. The summed E-state index contributed by atoms with van der Waals surface area (Å²) in [6.07, 6.45) is 1.79. The molecule has 0 fully saturated rings. The minimum atomic E-state index is -0.616. The molecule has 3 atom stereocenters. The number of hydrogen-bond acceptors (Lipinski definition) is 13. The molecule has 370 valence electrons.